The van der Waals surface area contributed by atoms with Crippen molar-refractivity contribution < 1.29 is 9.84 Å². The van der Waals surface area contributed by atoms with Gasteiger partial charge in [-0.15, -0.1) is 6.42 Å². The number of ether oxygens (including phenoxy) is 1. The SMILES string of the molecule is C#CC(C)(C)NCC(O)CN1CCOCC1. The maximum Gasteiger partial charge on any atom is 0.0791 e. The number of hydrogen-bond donors (Lipinski definition) is 2. The van der Waals surface area contributed by atoms with Gasteiger partial charge in [0.25, 0.3) is 0 Å². The quantitative estimate of drug-likeness (QED) is 0.631. The van der Waals surface area contributed by atoms with Crippen LogP contribution in [0.1, 0.15) is 13.8 Å². The molecule has 0 aromatic carbocycles. The van der Waals surface area contributed by atoms with Crippen LogP contribution in [0.2, 0.25) is 0 Å². The molecule has 1 saturated heterocycles. The smallest absolute Gasteiger partial charge is 0.0791 e. The first kappa shape index (κ1) is 13.5. The fourth-order valence-electron chi connectivity index (χ4n) is 1.57. The number of aliphatic hydroxyl groups excluding tert-OH is 1. The molecule has 2 N–H and O–H groups in total. The molecular formula is C12H22N2O2. The van der Waals surface area contributed by atoms with Crippen LogP contribution in [-0.4, -0.2) is 61.0 Å². The molecule has 16 heavy (non-hydrogen) atoms. The third kappa shape index (κ3) is 4.95. The maximum atomic E-state index is 9.85. The van der Waals surface area contributed by atoms with Crippen LogP contribution < -0.4 is 5.32 Å². The second-order valence-electron chi connectivity index (χ2n) is 4.72. The van der Waals surface area contributed by atoms with Gasteiger partial charge in [-0.3, -0.25) is 10.2 Å². The minimum Gasteiger partial charge on any atom is -0.390 e. The van der Waals surface area contributed by atoms with Crippen molar-refractivity contribution in [3.05, 3.63) is 0 Å². The molecule has 1 fully saturated rings. The number of nitrogens with one attached hydrogen (secondary N) is 1. The molecule has 1 aliphatic heterocycles. The number of β-amino-alcohol motifs (C(OH)–C–C–N with tert-alkyl or cyclic N) is 1. The van der Waals surface area contributed by atoms with Crippen LogP contribution >= 0.6 is 0 Å². The summed E-state index contributed by atoms with van der Waals surface area (Å²) < 4.78 is 5.25. The molecule has 1 rings (SSSR count). The van der Waals surface area contributed by atoms with Gasteiger partial charge in [-0.2, -0.15) is 0 Å². The Labute approximate surface area is 98.0 Å². The number of rotatable bonds is 5. The van der Waals surface area contributed by atoms with E-state index in [4.69, 9.17) is 11.2 Å². The first-order valence-electron chi connectivity index (χ1n) is 5.74. The van der Waals surface area contributed by atoms with E-state index in [0.717, 1.165) is 26.3 Å². The molecule has 0 aromatic rings. The molecule has 1 heterocycles. The lowest BCUT2D eigenvalue weighted by molar-refractivity contribution is 0.0142. The largest absolute Gasteiger partial charge is 0.390 e. The van der Waals surface area contributed by atoms with Gasteiger partial charge in [-0.05, 0) is 13.8 Å². The summed E-state index contributed by atoms with van der Waals surface area (Å²) in [5, 5.41) is 13.0. The highest BCUT2D eigenvalue weighted by molar-refractivity contribution is 5.07. The van der Waals surface area contributed by atoms with Crippen molar-refractivity contribution in [3.63, 3.8) is 0 Å². The molecule has 4 nitrogen and oxygen atoms in total. The van der Waals surface area contributed by atoms with Crippen molar-refractivity contribution in [2.45, 2.75) is 25.5 Å². The average molecular weight is 226 g/mol. The lowest BCUT2D eigenvalue weighted by Gasteiger charge is -2.29. The summed E-state index contributed by atoms with van der Waals surface area (Å²) in [5.74, 6) is 2.64. The number of aliphatic hydroxyl groups is 1. The Kier molecular flexibility index (Phi) is 5.23. The lowest BCUT2D eigenvalue weighted by atomic mass is 10.1. The number of terminal acetylenes is 1. The topological polar surface area (TPSA) is 44.7 Å². The fourth-order valence-corrected chi connectivity index (χ4v) is 1.57. The highest BCUT2D eigenvalue weighted by Gasteiger charge is 2.18. The summed E-state index contributed by atoms with van der Waals surface area (Å²) in [7, 11) is 0. The minimum absolute atomic E-state index is 0.355. The molecule has 4 heteroatoms. The van der Waals surface area contributed by atoms with Crippen molar-refractivity contribution in [3.8, 4) is 12.3 Å². The van der Waals surface area contributed by atoms with E-state index in [9.17, 15) is 5.11 Å². The Morgan fingerprint density at radius 3 is 2.69 bits per heavy atom. The van der Waals surface area contributed by atoms with Crippen LogP contribution in [0.3, 0.4) is 0 Å². The number of nitrogens with zero attached hydrogens (tertiary/aromatic N) is 1. The molecule has 1 aliphatic rings. The molecule has 0 radical (unpaired) electrons. The van der Waals surface area contributed by atoms with E-state index in [2.05, 4.69) is 16.1 Å². The first-order valence-corrected chi connectivity index (χ1v) is 5.74. The maximum absolute atomic E-state index is 9.85. The Morgan fingerprint density at radius 2 is 2.12 bits per heavy atom. The first-order chi connectivity index (χ1) is 7.53. The monoisotopic (exact) mass is 226 g/mol. The molecule has 0 aromatic heterocycles. The predicted octanol–water partition coefficient (Wildman–Crippen LogP) is -0.319. The van der Waals surface area contributed by atoms with E-state index < -0.39 is 0 Å². The van der Waals surface area contributed by atoms with E-state index in [1.54, 1.807) is 0 Å². The van der Waals surface area contributed by atoms with Gasteiger partial charge in [0.05, 0.1) is 24.9 Å². The van der Waals surface area contributed by atoms with E-state index in [-0.39, 0.29) is 11.6 Å². The standard InChI is InChI=1S/C12H22N2O2/c1-4-12(2,3)13-9-11(15)10-14-5-7-16-8-6-14/h1,11,13,15H,5-10H2,2-3H3. The van der Waals surface area contributed by atoms with E-state index in [1.807, 2.05) is 13.8 Å². The van der Waals surface area contributed by atoms with Gasteiger partial charge >= 0.3 is 0 Å². The summed E-state index contributed by atoms with van der Waals surface area (Å²) in [6.07, 6.45) is 4.97. The van der Waals surface area contributed by atoms with Crippen LogP contribution in [0.4, 0.5) is 0 Å². The summed E-state index contributed by atoms with van der Waals surface area (Å²) in [6.45, 7) is 8.37. The predicted molar refractivity (Wildman–Crippen MR) is 64.2 cm³/mol. The van der Waals surface area contributed by atoms with Crippen molar-refractivity contribution in [1.82, 2.24) is 10.2 Å². The zero-order valence-electron chi connectivity index (χ0n) is 10.2. The second kappa shape index (κ2) is 6.21. The summed E-state index contributed by atoms with van der Waals surface area (Å²) in [6, 6.07) is 0. The van der Waals surface area contributed by atoms with E-state index >= 15 is 0 Å². The molecule has 0 saturated carbocycles. The molecule has 1 unspecified atom stereocenters. The zero-order valence-corrected chi connectivity index (χ0v) is 10.2. The number of morpholine rings is 1. The van der Waals surface area contributed by atoms with Crippen LogP contribution in [0, 0.1) is 12.3 Å². The fraction of sp³-hybridized carbons (Fsp3) is 0.833. The minimum atomic E-state index is -0.384. The Balaban J connectivity index is 2.20. The Morgan fingerprint density at radius 1 is 1.50 bits per heavy atom. The second-order valence-corrected chi connectivity index (χ2v) is 4.72. The van der Waals surface area contributed by atoms with Crippen LogP contribution in [0.15, 0.2) is 0 Å². The van der Waals surface area contributed by atoms with Gasteiger partial charge in [-0.25, -0.2) is 0 Å². The van der Waals surface area contributed by atoms with Gasteiger partial charge in [0.2, 0.25) is 0 Å². The van der Waals surface area contributed by atoms with Crippen LogP contribution in [0.25, 0.3) is 0 Å². The number of hydrogen-bond acceptors (Lipinski definition) is 4. The summed E-state index contributed by atoms with van der Waals surface area (Å²) >= 11 is 0. The average Bonchev–Trinajstić information content (AvgIpc) is 2.28. The van der Waals surface area contributed by atoms with Crippen molar-refractivity contribution >= 4 is 0 Å². The Hall–Kier alpha value is -0.600. The van der Waals surface area contributed by atoms with Gasteiger partial charge in [0, 0.05) is 26.2 Å². The molecule has 0 bridgehead atoms. The summed E-state index contributed by atoms with van der Waals surface area (Å²) in [5.41, 5.74) is -0.355. The van der Waals surface area contributed by atoms with Crippen LogP contribution in [-0.2, 0) is 4.74 Å². The van der Waals surface area contributed by atoms with Crippen molar-refractivity contribution in [2.75, 3.05) is 39.4 Å². The van der Waals surface area contributed by atoms with E-state index in [0.29, 0.717) is 13.1 Å². The zero-order chi connectivity index (χ0) is 12.0. The van der Waals surface area contributed by atoms with Crippen molar-refractivity contribution in [1.29, 1.82) is 0 Å². The molecule has 1 atom stereocenters. The third-order valence-electron chi connectivity index (χ3n) is 2.71. The molecule has 92 valence electrons. The summed E-state index contributed by atoms with van der Waals surface area (Å²) in [4.78, 5) is 2.21. The third-order valence-corrected chi connectivity index (χ3v) is 2.71. The molecule has 0 spiro atoms. The van der Waals surface area contributed by atoms with Gasteiger partial charge < -0.3 is 9.84 Å². The normalized spacial score (nSPS) is 20.4. The highest BCUT2D eigenvalue weighted by atomic mass is 16.5. The highest BCUT2D eigenvalue weighted by Crippen LogP contribution is 2.01. The van der Waals surface area contributed by atoms with Gasteiger partial charge in [0.1, 0.15) is 0 Å². The van der Waals surface area contributed by atoms with E-state index in [1.165, 1.54) is 0 Å². The van der Waals surface area contributed by atoms with Gasteiger partial charge in [0.15, 0.2) is 0 Å². The molecular weight excluding hydrogens is 204 g/mol. The lowest BCUT2D eigenvalue weighted by Crippen LogP contribution is -2.47. The Bertz CT molecular complexity index is 242. The van der Waals surface area contributed by atoms with Crippen molar-refractivity contribution in [2.24, 2.45) is 0 Å². The van der Waals surface area contributed by atoms with Gasteiger partial charge in [-0.1, -0.05) is 5.92 Å². The molecule has 0 aliphatic carbocycles. The molecule has 0 amide bonds. The van der Waals surface area contributed by atoms with Crippen LogP contribution in [0.5, 0.6) is 0 Å².